The molecule has 0 saturated carbocycles. The van der Waals surface area contributed by atoms with Gasteiger partial charge in [0.25, 0.3) is 0 Å². The van der Waals surface area contributed by atoms with Crippen molar-refractivity contribution in [2.75, 3.05) is 138 Å². The molecule has 8 heterocycles. The first-order chi connectivity index (χ1) is 39.5. The average Bonchev–Trinajstić information content (AvgIpc) is 4.16. The lowest BCUT2D eigenvalue weighted by Gasteiger charge is -2.43. The maximum atomic E-state index is 14.4. The van der Waals surface area contributed by atoms with Crippen LogP contribution in [0.5, 0.6) is 11.5 Å². The van der Waals surface area contributed by atoms with E-state index in [1.165, 1.54) is 24.3 Å². The van der Waals surface area contributed by atoms with Gasteiger partial charge in [0.05, 0.1) is 72.8 Å². The number of halogens is 2. The van der Waals surface area contributed by atoms with Gasteiger partial charge in [-0.25, -0.2) is 8.78 Å². The lowest BCUT2D eigenvalue weighted by atomic mass is 9.91. The highest BCUT2D eigenvalue weighted by molar-refractivity contribution is 5.98. The number of nitrogens with one attached hydrogen (secondary N) is 4. The first-order valence-electron chi connectivity index (χ1n) is 29.1. The number of rotatable bonds is 18. The molecule has 5 aromatic rings. The molecule has 2 aromatic heterocycles. The molecule has 4 N–H and O–H groups in total. The van der Waals surface area contributed by atoms with Crippen LogP contribution < -0.4 is 40.5 Å². The van der Waals surface area contributed by atoms with E-state index in [2.05, 4.69) is 82.4 Å². The summed E-state index contributed by atoms with van der Waals surface area (Å²) in [6.45, 7) is 24.0. The van der Waals surface area contributed by atoms with E-state index < -0.39 is 0 Å². The summed E-state index contributed by atoms with van der Waals surface area (Å²) < 4.78 is 52.5. The number of benzene rings is 3. The molecule has 4 saturated heterocycles. The summed E-state index contributed by atoms with van der Waals surface area (Å²) in [6.07, 6.45) is 3.29. The molecule has 6 aliphatic heterocycles. The number of hydrogen-bond donors (Lipinski definition) is 4. The zero-order chi connectivity index (χ0) is 57.1. The van der Waals surface area contributed by atoms with Gasteiger partial charge < -0.3 is 50.0 Å². The van der Waals surface area contributed by atoms with E-state index >= 15 is 0 Å². The maximum Gasteiger partial charge on any atom is 0.241 e. The van der Waals surface area contributed by atoms with Crippen molar-refractivity contribution in [3.05, 3.63) is 120 Å². The number of piperazine rings is 2. The molecule has 4 fully saturated rings. The molecule has 0 bridgehead atoms. The highest BCUT2D eigenvalue weighted by Gasteiger charge is 2.43. The molecule has 6 atom stereocenters. The van der Waals surface area contributed by atoms with Crippen molar-refractivity contribution in [1.82, 2.24) is 40.2 Å². The number of pyridine rings is 2. The Labute approximate surface area is 480 Å². The number of morpholine rings is 2. The van der Waals surface area contributed by atoms with Crippen LogP contribution in [0.15, 0.2) is 97.3 Å². The van der Waals surface area contributed by atoms with Crippen molar-refractivity contribution < 1.29 is 37.3 Å². The summed E-state index contributed by atoms with van der Waals surface area (Å²) in [5.74, 6) is 0.890. The molecule has 6 aliphatic rings. The van der Waals surface area contributed by atoms with Crippen LogP contribution in [-0.2, 0) is 29.9 Å². The lowest BCUT2D eigenvalue weighted by molar-refractivity contribution is -0.121. The number of carbonyl (C=O) groups excluding carboxylic acids is 2. The minimum absolute atomic E-state index is 0.0445. The molecule has 0 spiro atoms. The van der Waals surface area contributed by atoms with Crippen LogP contribution in [0.4, 0.5) is 42.9 Å². The van der Waals surface area contributed by atoms with Crippen molar-refractivity contribution in [2.24, 2.45) is 0 Å². The van der Waals surface area contributed by atoms with E-state index in [0.29, 0.717) is 77.2 Å². The second-order valence-corrected chi connectivity index (χ2v) is 24.6. The summed E-state index contributed by atoms with van der Waals surface area (Å²) in [5, 5.41) is 14.0. The third-order valence-electron chi connectivity index (χ3n) is 16.8. The van der Waals surface area contributed by atoms with Crippen LogP contribution in [0.2, 0.25) is 0 Å². The summed E-state index contributed by atoms with van der Waals surface area (Å²) in [6, 6.07) is 24.8. The van der Waals surface area contributed by atoms with E-state index in [9.17, 15) is 18.4 Å². The highest BCUT2D eigenvalue weighted by atomic mass is 19.1. The van der Waals surface area contributed by atoms with Gasteiger partial charge in [-0.3, -0.25) is 39.2 Å². The predicted octanol–water partition coefficient (Wildman–Crippen LogP) is 6.37. The molecule has 20 heteroatoms. The fourth-order valence-electron chi connectivity index (χ4n) is 12.5. The van der Waals surface area contributed by atoms with Crippen molar-refractivity contribution >= 4 is 45.9 Å². The first kappa shape index (κ1) is 57.5. The second kappa shape index (κ2) is 24.8. The van der Waals surface area contributed by atoms with Crippen molar-refractivity contribution in [3.8, 4) is 11.5 Å². The van der Waals surface area contributed by atoms with Gasteiger partial charge in [-0.2, -0.15) is 0 Å². The highest BCUT2D eigenvalue weighted by Crippen LogP contribution is 2.42. The Morgan fingerprint density at radius 3 is 1.46 bits per heavy atom. The summed E-state index contributed by atoms with van der Waals surface area (Å²) in [5.41, 5.74) is 5.73. The SMILES string of the molecule is C[C@@H]1CN(CC(=O)N2CC(C)(C)c3ncc(Nc4ccc(F)cc4)cc32)[C@@H](CN2CCO[C@H](COc3cccc(OC[C@@H]4CN(C[C@H]5CN[C@H](C)CN5CC(=O)N5CC(C)(C)c6ncc(Nc7ccc(F)cc7)cc65)CCO4)c3)C2)CN1. The number of ether oxygens (including phenoxy) is 4. The van der Waals surface area contributed by atoms with Gasteiger partial charge in [-0.15, -0.1) is 0 Å². The molecule has 2 amide bonds. The monoisotopic (exact) mass is 1130 g/mol. The van der Waals surface area contributed by atoms with Gasteiger partial charge in [0, 0.05) is 131 Å². The van der Waals surface area contributed by atoms with Gasteiger partial charge in [-0.1, -0.05) is 33.8 Å². The van der Waals surface area contributed by atoms with Gasteiger partial charge in [-0.05, 0) is 86.6 Å². The molecule has 0 unspecified atom stereocenters. The Bertz CT molecular complexity index is 2830. The van der Waals surface area contributed by atoms with E-state index in [1.807, 2.05) is 46.2 Å². The van der Waals surface area contributed by atoms with Crippen molar-refractivity contribution in [1.29, 1.82) is 0 Å². The molecular weight excluding hydrogens is 1050 g/mol. The smallest absolute Gasteiger partial charge is 0.241 e. The van der Waals surface area contributed by atoms with Crippen LogP contribution in [0.25, 0.3) is 0 Å². The van der Waals surface area contributed by atoms with Crippen LogP contribution in [0, 0.1) is 11.6 Å². The standard InChI is InChI=1S/C62H80F2N12O6/c1-41-29-73(35-57(77)75-39-61(3,4)59-55(75)22-47(25-67-59)69-45-14-10-43(63)11-15-45)49(27-65-41)31-71-18-20-79-53(33-71)37-81-51-8-7-9-52(24-51)82-38-54-34-72(19-21-80-54)32-50-28-66-42(2)30-74(50)36-58(78)76-40-62(5,6)60-56(76)23-48(26-68-60)70-46-16-12-44(64)13-17-46/h7-17,22-26,41-42,49-50,53-54,65-66,69-70H,18-21,27-40H2,1-6H3/t41-,42-,49-,50-,53+,54+/m1/s1. The van der Waals surface area contributed by atoms with Crippen LogP contribution in [0.3, 0.4) is 0 Å². The Morgan fingerprint density at radius 1 is 0.610 bits per heavy atom. The van der Waals surface area contributed by atoms with Gasteiger partial charge in [0.15, 0.2) is 0 Å². The molecule has 0 radical (unpaired) electrons. The number of amides is 2. The summed E-state index contributed by atoms with van der Waals surface area (Å²) in [4.78, 5) is 51.7. The quantitative estimate of drug-likeness (QED) is 0.0765. The Hall–Kier alpha value is -6.36. The van der Waals surface area contributed by atoms with Gasteiger partial charge in [0.2, 0.25) is 11.8 Å². The topological polar surface area (TPSA) is 164 Å². The Kier molecular flexibility index (Phi) is 17.4. The van der Waals surface area contributed by atoms with Crippen molar-refractivity contribution in [3.63, 3.8) is 0 Å². The third-order valence-corrected chi connectivity index (χ3v) is 16.8. The lowest BCUT2D eigenvalue weighted by Crippen LogP contribution is -2.61. The summed E-state index contributed by atoms with van der Waals surface area (Å²) >= 11 is 0. The normalized spacial score (nSPS) is 24.9. The minimum atomic E-state index is -0.313. The molecule has 438 valence electrons. The fourth-order valence-corrected chi connectivity index (χ4v) is 12.5. The molecule has 18 nitrogen and oxygen atoms in total. The number of hydrogen-bond acceptors (Lipinski definition) is 16. The van der Waals surface area contributed by atoms with Crippen LogP contribution in [0.1, 0.15) is 52.9 Å². The van der Waals surface area contributed by atoms with E-state index in [-0.39, 0.29) is 70.7 Å². The van der Waals surface area contributed by atoms with E-state index in [4.69, 9.17) is 28.9 Å². The number of aromatic nitrogens is 2. The number of fused-ring (bicyclic) bond motifs is 2. The largest absolute Gasteiger partial charge is 0.491 e. The van der Waals surface area contributed by atoms with Gasteiger partial charge in [0.1, 0.15) is 48.6 Å². The maximum absolute atomic E-state index is 14.4. The van der Waals surface area contributed by atoms with E-state index in [0.717, 1.165) is 97.9 Å². The molecular formula is C62H80F2N12O6. The second-order valence-electron chi connectivity index (χ2n) is 24.6. The zero-order valence-electron chi connectivity index (χ0n) is 48.2. The minimum Gasteiger partial charge on any atom is -0.491 e. The van der Waals surface area contributed by atoms with Crippen LogP contribution >= 0.6 is 0 Å². The Morgan fingerprint density at radius 2 is 1.04 bits per heavy atom. The summed E-state index contributed by atoms with van der Waals surface area (Å²) in [7, 11) is 0. The number of carbonyl (C=O) groups is 2. The fraction of sp³-hybridized carbons (Fsp3) is 0.516. The van der Waals surface area contributed by atoms with E-state index in [1.54, 1.807) is 36.7 Å². The number of anilines is 6. The van der Waals surface area contributed by atoms with Gasteiger partial charge >= 0.3 is 0 Å². The Balaban J connectivity index is 0.644. The van der Waals surface area contributed by atoms with Crippen LogP contribution in [-0.4, -0.2) is 196 Å². The molecule has 11 rings (SSSR count). The predicted molar refractivity (Wildman–Crippen MR) is 314 cm³/mol. The molecule has 3 aromatic carbocycles. The molecule has 82 heavy (non-hydrogen) atoms. The third kappa shape index (κ3) is 13.8. The number of nitrogens with zero attached hydrogens (tertiary/aromatic N) is 8. The zero-order valence-corrected chi connectivity index (χ0v) is 48.2. The average molecular weight is 1130 g/mol. The molecule has 0 aliphatic carbocycles. The van der Waals surface area contributed by atoms with Crippen molar-refractivity contribution in [2.45, 2.75) is 88.7 Å². The first-order valence-corrected chi connectivity index (χ1v) is 29.1.